The van der Waals surface area contributed by atoms with Crippen LogP contribution >= 0.6 is 34.5 Å². The number of hydrogen-bond acceptors (Lipinski definition) is 3. The maximum absolute atomic E-state index is 13.5. The van der Waals surface area contributed by atoms with Crippen LogP contribution in [0, 0.1) is 11.6 Å². The van der Waals surface area contributed by atoms with Crippen molar-refractivity contribution in [2.75, 3.05) is 5.32 Å². The molecule has 0 radical (unpaired) electrons. The highest BCUT2D eigenvalue weighted by Gasteiger charge is 2.12. The first-order chi connectivity index (χ1) is 12.4. The fourth-order valence-corrected chi connectivity index (χ4v) is 3.18. The number of benzene rings is 2. The summed E-state index contributed by atoms with van der Waals surface area (Å²) < 4.78 is 31.7. The summed E-state index contributed by atoms with van der Waals surface area (Å²) in [7, 11) is 0. The number of amides is 1. The first-order valence-electron chi connectivity index (χ1n) is 7.34. The van der Waals surface area contributed by atoms with E-state index in [2.05, 4.69) is 5.32 Å². The summed E-state index contributed by atoms with van der Waals surface area (Å²) in [5, 5.41) is 5.18. The summed E-state index contributed by atoms with van der Waals surface area (Å²) in [6.45, 7) is 0.0547. The molecule has 1 aromatic heterocycles. The van der Waals surface area contributed by atoms with Gasteiger partial charge in [0, 0.05) is 17.3 Å². The van der Waals surface area contributed by atoms with Gasteiger partial charge < -0.3 is 10.1 Å². The normalized spacial score (nSPS) is 10.6. The van der Waals surface area contributed by atoms with Crippen molar-refractivity contribution in [3.05, 3.63) is 80.0 Å². The van der Waals surface area contributed by atoms with Gasteiger partial charge in [0.25, 0.3) is 5.91 Å². The highest BCUT2D eigenvalue weighted by atomic mass is 35.5. The van der Waals surface area contributed by atoms with Crippen LogP contribution in [0.1, 0.15) is 15.2 Å². The maximum atomic E-state index is 13.5. The van der Waals surface area contributed by atoms with Gasteiger partial charge in [-0.1, -0.05) is 23.2 Å². The topological polar surface area (TPSA) is 38.3 Å². The number of carbonyl (C=O) groups excluding carboxylic acids is 1. The number of thiophene rings is 1. The minimum atomic E-state index is -0.780. The van der Waals surface area contributed by atoms with E-state index < -0.39 is 11.6 Å². The molecule has 0 bridgehead atoms. The van der Waals surface area contributed by atoms with Crippen LogP contribution in [0.25, 0.3) is 0 Å². The lowest BCUT2D eigenvalue weighted by Gasteiger charge is -2.06. The standard InChI is InChI=1S/C18H11Cl2F2NO2S/c19-13-3-2-12(7-14(13)20)23-18(24)17-5-10(9-26-17)8-25-16-4-1-11(21)6-15(16)22/h1-7,9H,8H2,(H,23,24). The zero-order valence-electron chi connectivity index (χ0n) is 13.1. The number of anilines is 1. The molecule has 1 amide bonds. The van der Waals surface area contributed by atoms with Gasteiger partial charge in [0.15, 0.2) is 11.6 Å². The Morgan fingerprint density at radius 2 is 1.88 bits per heavy atom. The number of rotatable bonds is 5. The molecule has 0 unspecified atom stereocenters. The molecule has 0 fully saturated rings. The van der Waals surface area contributed by atoms with E-state index >= 15 is 0 Å². The molecule has 0 aliphatic heterocycles. The van der Waals surface area contributed by atoms with Crippen LogP contribution in [-0.2, 0) is 6.61 Å². The quantitative estimate of drug-likeness (QED) is 0.543. The van der Waals surface area contributed by atoms with E-state index in [4.69, 9.17) is 27.9 Å². The van der Waals surface area contributed by atoms with E-state index in [0.29, 0.717) is 26.2 Å². The fourth-order valence-electron chi connectivity index (χ4n) is 2.09. The molecule has 0 atom stereocenters. The Balaban J connectivity index is 1.63. The van der Waals surface area contributed by atoms with E-state index in [0.717, 1.165) is 12.1 Å². The third kappa shape index (κ3) is 4.52. The van der Waals surface area contributed by atoms with Crippen LogP contribution < -0.4 is 10.1 Å². The van der Waals surface area contributed by atoms with Crippen molar-refractivity contribution in [3.8, 4) is 5.75 Å². The van der Waals surface area contributed by atoms with Crippen LogP contribution in [-0.4, -0.2) is 5.91 Å². The molecule has 2 aromatic carbocycles. The molecule has 0 saturated carbocycles. The third-order valence-electron chi connectivity index (χ3n) is 3.34. The van der Waals surface area contributed by atoms with Gasteiger partial charge >= 0.3 is 0 Å². The SMILES string of the molecule is O=C(Nc1ccc(Cl)c(Cl)c1)c1cc(COc2ccc(F)cc2F)cs1. The van der Waals surface area contributed by atoms with Gasteiger partial charge in [0.2, 0.25) is 0 Å². The number of nitrogens with one attached hydrogen (secondary N) is 1. The minimum Gasteiger partial charge on any atom is -0.486 e. The highest BCUT2D eigenvalue weighted by Crippen LogP contribution is 2.26. The summed E-state index contributed by atoms with van der Waals surface area (Å²) >= 11 is 13.0. The van der Waals surface area contributed by atoms with Gasteiger partial charge in [-0.05, 0) is 41.8 Å². The van der Waals surface area contributed by atoms with Crippen molar-refractivity contribution in [1.82, 2.24) is 0 Å². The van der Waals surface area contributed by atoms with Gasteiger partial charge in [-0.25, -0.2) is 8.78 Å². The predicted octanol–water partition coefficient (Wildman–Crippen LogP) is 6.16. The maximum Gasteiger partial charge on any atom is 0.265 e. The zero-order chi connectivity index (χ0) is 18.7. The Kier molecular flexibility index (Phi) is 5.76. The summed E-state index contributed by atoms with van der Waals surface area (Å²) in [5.74, 6) is -1.82. The molecular weight excluding hydrogens is 403 g/mol. The molecule has 0 aliphatic carbocycles. The van der Waals surface area contributed by atoms with Gasteiger partial charge in [-0.3, -0.25) is 4.79 Å². The lowest BCUT2D eigenvalue weighted by atomic mass is 10.3. The van der Waals surface area contributed by atoms with Crippen molar-refractivity contribution < 1.29 is 18.3 Å². The van der Waals surface area contributed by atoms with Crippen LogP contribution in [0.15, 0.2) is 47.8 Å². The zero-order valence-corrected chi connectivity index (χ0v) is 15.4. The number of carbonyl (C=O) groups is 1. The van der Waals surface area contributed by atoms with E-state index in [1.54, 1.807) is 29.6 Å². The van der Waals surface area contributed by atoms with Crippen molar-refractivity contribution in [2.45, 2.75) is 6.61 Å². The molecule has 0 aliphatic rings. The van der Waals surface area contributed by atoms with Crippen LogP contribution in [0.5, 0.6) is 5.75 Å². The molecule has 0 spiro atoms. The lowest BCUT2D eigenvalue weighted by molar-refractivity contribution is 0.103. The summed E-state index contributed by atoms with van der Waals surface area (Å²) in [5.41, 5.74) is 1.21. The molecule has 3 aromatic rings. The summed E-state index contributed by atoms with van der Waals surface area (Å²) in [4.78, 5) is 12.7. The molecule has 134 valence electrons. The number of halogens is 4. The second-order valence-electron chi connectivity index (χ2n) is 5.27. The van der Waals surface area contributed by atoms with Crippen molar-refractivity contribution >= 4 is 46.1 Å². The van der Waals surface area contributed by atoms with Crippen LogP contribution in [0.3, 0.4) is 0 Å². The van der Waals surface area contributed by atoms with Crippen molar-refractivity contribution in [2.24, 2.45) is 0 Å². The lowest BCUT2D eigenvalue weighted by Crippen LogP contribution is -2.10. The molecule has 3 nitrogen and oxygen atoms in total. The third-order valence-corrected chi connectivity index (χ3v) is 5.06. The van der Waals surface area contributed by atoms with Crippen molar-refractivity contribution in [1.29, 1.82) is 0 Å². The molecule has 1 heterocycles. The predicted molar refractivity (Wildman–Crippen MR) is 99.4 cm³/mol. The smallest absolute Gasteiger partial charge is 0.265 e. The minimum absolute atomic E-state index is 0.0547. The van der Waals surface area contributed by atoms with Gasteiger partial charge in [0.05, 0.1) is 14.9 Å². The Hall–Kier alpha value is -2.15. The Bertz CT molecular complexity index is 962. The summed E-state index contributed by atoms with van der Waals surface area (Å²) in [6.07, 6.45) is 0. The molecule has 8 heteroatoms. The molecule has 26 heavy (non-hydrogen) atoms. The Labute approximate surface area is 162 Å². The van der Waals surface area contributed by atoms with E-state index in [1.165, 1.54) is 17.4 Å². The second kappa shape index (κ2) is 8.03. The number of ether oxygens (including phenoxy) is 1. The molecule has 0 saturated heterocycles. The van der Waals surface area contributed by atoms with Gasteiger partial charge in [-0.2, -0.15) is 0 Å². The molecular formula is C18H11Cl2F2NO2S. The number of hydrogen-bond donors (Lipinski definition) is 1. The fraction of sp³-hybridized carbons (Fsp3) is 0.0556. The van der Waals surface area contributed by atoms with E-state index in [1.807, 2.05) is 0 Å². The largest absolute Gasteiger partial charge is 0.486 e. The monoisotopic (exact) mass is 413 g/mol. The van der Waals surface area contributed by atoms with Gasteiger partial charge in [-0.15, -0.1) is 11.3 Å². The molecule has 3 rings (SSSR count). The van der Waals surface area contributed by atoms with Gasteiger partial charge in [0.1, 0.15) is 12.4 Å². The molecule has 1 N–H and O–H groups in total. The first kappa shape index (κ1) is 18.6. The second-order valence-corrected chi connectivity index (χ2v) is 6.99. The Morgan fingerprint density at radius 1 is 1.08 bits per heavy atom. The van der Waals surface area contributed by atoms with Crippen LogP contribution in [0.4, 0.5) is 14.5 Å². The summed E-state index contributed by atoms with van der Waals surface area (Å²) in [6, 6.07) is 9.50. The van der Waals surface area contributed by atoms with Crippen LogP contribution in [0.2, 0.25) is 10.0 Å². The van der Waals surface area contributed by atoms with Crippen molar-refractivity contribution in [3.63, 3.8) is 0 Å². The average Bonchev–Trinajstić information content (AvgIpc) is 3.06. The Morgan fingerprint density at radius 3 is 2.62 bits per heavy atom. The van der Waals surface area contributed by atoms with E-state index in [9.17, 15) is 13.6 Å². The average molecular weight is 414 g/mol. The van der Waals surface area contributed by atoms with E-state index in [-0.39, 0.29) is 18.3 Å². The first-order valence-corrected chi connectivity index (χ1v) is 8.97. The highest BCUT2D eigenvalue weighted by molar-refractivity contribution is 7.12.